The zero-order valence-electron chi connectivity index (χ0n) is 16.4. The Morgan fingerprint density at radius 2 is 1.90 bits per heavy atom. The van der Waals surface area contributed by atoms with Crippen LogP contribution >= 0.6 is 11.3 Å². The van der Waals surface area contributed by atoms with E-state index in [2.05, 4.69) is 4.98 Å². The average molecular weight is 431 g/mol. The van der Waals surface area contributed by atoms with Crippen LogP contribution in [0.3, 0.4) is 0 Å². The van der Waals surface area contributed by atoms with Crippen molar-refractivity contribution in [3.63, 3.8) is 0 Å². The van der Waals surface area contributed by atoms with E-state index in [4.69, 9.17) is 4.74 Å². The minimum atomic E-state index is -3.29. The van der Waals surface area contributed by atoms with Crippen molar-refractivity contribution in [2.24, 2.45) is 0 Å². The predicted octanol–water partition coefficient (Wildman–Crippen LogP) is 4.18. The highest BCUT2D eigenvalue weighted by Gasteiger charge is 2.21. The Morgan fingerprint density at radius 3 is 2.48 bits per heavy atom. The molecule has 0 saturated carbocycles. The highest BCUT2D eigenvalue weighted by Crippen LogP contribution is 2.24. The van der Waals surface area contributed by atoms with Crippen molar-refractivity contribution in [2.45, 2.75) is 31.4 Å². The number of benzene rings is 2. The summed E-state index contributed by atoms with van der Waals surface area (Å²) in [6.07, 6.45) is 1.16. The Labute approximate surface area is 174 Å². The lowest BCUT2D eigenvalue weighted by Crippen LogP contribution is -2.37. The first kappa shape index (κ1) is 21.0. The molecule has 0 fully saturated rings. The number of hydrogen-bond acceptors (Lipinski definition) is 6. The lowest BCUT2D eigenvalue weighted by molar-refractivity contribution is 0.0979. The molecule has 6 nitrogen and oxygen atoms in total. The summed E-state index contributed by atoms with van der Waals surface area (Å²) in [5, 5.41) is 1.91. The van der Waals surface area contributed by atoms with Crippen LogP contribution in [0.2, 0.25) is 0 Å². The van der Waals surface area contributed by atoms with E-state index in [-0.39, 0.29) is 16.8 Å². The molecule has 8 heteroatoms. The van der Waals surface area contributed by atoms with E-state index in [9.17, 15) is 13.2 Å². The maximum absolute atomic E-state index is 13.2. The molecule has 0 radical (unpaired) electrons. The van der Waals surface area contributed by atoms with Gasteiger partial charge in [0.05, 0.1) is 16.1 Å². The average Bonchev–Trinajstić information content (AvgIpc) is 3.20. The first-order chi connectivity index (χ1) is 13.8. The summed E-state index contributed by atoms with van der Waals surface area (Å²) >= 11 is 1.50. The molecule has 152 valence electrons. The van der Waals surface area contributed by atoms with Gasteiger partial charge in [-0.05, 0) is 56.3 Å². The van der Waals surface area contributed by atoms with Crippen LogP contribution < -0.4 is 9.64 Å². The number of hydrogen-bond donors (Lipinski definition) is 0. The first-order valence-corrected chi connectivity index (χ1v) is 11.8. The number of aromatic nitrogens is 1. The standard InChI is InChI=1S/C21H22N2O4S2/c1-15(2)23(18-7-9-20(10-8-18)29(3,25)26)21(24)16-5-4-6-19(11-16)27-12-17-13-28-14-22-17/h4-11,13-15H,12H2,1-3H3. The molecule has 0 bridgehead atoms. The Morgan fingerprint density at radius 1 is 1.17 bits per heavy atom. The van der Waals surface area contributed by atoms with Gasteiger partial charge in [-0.25, -0.2) is 13.4 Å². The van der Waals surface area contributed by atoms with Crippen molar-refractivity contribution in [2.75, 3.05) is 11.2 Å². The highest BCUT2D eigenvalue weighted by atomic mass is 32.2. The number of carbonyl (C=O) groups excluding carboxylic acids is 1. The van der Waals surface area contributed by atoms with Crippen molar-refractivity contribution < 1.29 is 17.9 Å². The summed E-state index contributed by atoms with van der Waals surface area (Å²) in [6, 6.07) is 13.2. The fraction of sp³-hybridized carbons (Fsp3) is 0.238. The Hall–Kier alpha value is -2.71. The van der Waals surface area contributed by atoms with Crippen molar-refractivity contribution in [3.8, 4) is 5.75 Å². The van der Waals surface area contributed by atoms with Gasteiger partial charge in [0, 0.05) is 28.9 Å². The molecule has 2 aromatic carbocycles. The third-order valence-electron chi connectivity index (χ3n) is 4.23. The van der Waals surface area contributed by atoms with E-state index < -0.39 is 9.84 Å². The number of nitrogens with zero attached hydrogens (tertiary/aromatic N) is 2. The van der Waals surface area contributed by atoms with Crippen molar-refractivity contribution >= 4 is 32.8 Å². The van der Waals surface area contributed by atoms with Gasteiger partial charge in [0.2, 0.25) is 0 Å². The van der Waals surface area contributed by atoms with Gasteiger partial charge in [-0.15, -0.1) is 11.3 Å². The van der Waals surface area contributed by atoms with Crippen LogP contribution in [0.15, 0.2) is 64.3 Å². The second kappa shape index (κ2) is 8.75. The molecule has 0 saturated heterocycles. The highest BCUT2D eigenvalue weighted by molar-refractivity contribution is 7.90. The molecular weight excluding hydrogens is 408 g/mol. The molecule has 0 aliphatic heterocycles. The van der Waals surface area contributed by atoms with Crippen molar-refractivity contribution in [3.05, 3.63) is 70.7 Å². The molecule has 0 unspecified atom stereocenters. The van der Waals surface area contributed by atoms with Gasteiger partial charge < -0.3 is 9.64 Å². The van der Waals surface area contributed by atoms with Gasteiger partial charge in [0.1, 0.15) is 12.4 Å². The number of thiazole rings is 1. The zero-order chi connectivity index (χ0) is 21.0. The molecule has 3 rings (SSSR count). The second-order valence-electron chi connectivity index (χ2n) is 6.83. The van der Waals surface area contributed by atoms with Crippen LogP contribution in [0, 0.1) is 0 Å². The molecule has 29 heavy (non-hydrogen) atoms. The van der Waals surface area contributed by atoms with Crippen LogP contribution in [-0.2, 0) is 16.4 Å². The summed E-state index contributed by atoms with van der Waals surface area (Å²) in [6.45, 7) is 4.15. The van der Waals surface area contributed by atoms with Gasteiger partial charge in [-0.1, -0.05) is 6.07 Å². The van der Waals surface area contributed by atoms with E-state index >= 15 is 0 Å². The van der Waals surface area contributed by atoms with E-state index in [1.165, 1.54) is 23.5 Å². The van der Waals surface area contributed by atoms with Crippen LogP contribution in [0.1, 0.15) is 29.9 Å². The van der Waals surface area contributed by atoms with E-state index in [1.807, 2.05) is 19.2 Å². The molecule has 0 aliphatic rings. The smallest absolute Gasteiger partial charge is 0.258 e. The Balaban J connectivity index is 1.83. The first-order valence-electron chi connectivity index (χ1n) is 8.99. The molecule has 1 aromatic heterocycles. The van der Waals surface area contributed by atoms with Gasteiger partial charge in [-0.2, -0.15) is 0 Å². The van der Waals surface area contributed by atoms with E-state index in [0.717, 1.165) is 11.9 Å². The van der Waals surface area contributed by atoms with Gasteiger partial charge in [0.25, 0.3) is 5.91 Å². The summed E-state index contributed by atoms with van der Waals surface area (Å²) in [7, 11) is -3.29. The number of carbonyl (C=O) groups is 1. The third-order valence-corrected chi connectivity index (χ3v) is 5.99. The number of ether oxygens (including phenoxy) is 1. The maximum Gasteiger partial charge on any atom is 0.258 e. The minimum Gasteiger partial charge on any atom is -0.487 e. The lowest BCUT2D eigenvalue weighted by Gasteiger charge is -2.27. The Kier molecular flexibility index (Phi) is 6.34. The Bertz CT molecular complexity index is 1080. The number of sulfone groups is 1. The lowest BCUT2D eigenvalue weighted by atomic mass is 10.1. The van der Waals surface area contributed by atoms with Crippen LogP contribution in [0.5, 0.6) is 5.75 Å². The van der Waals surface area contributed by atoms with Gasteiger partial charge in [0.15, 0.2) is 9.84 Å². The molecule has 3 aromatic rings. The number of amides is 1. The molecule has 0 aliphatic carbocycles. The fourth-order valence-electron chi connectivity index (χ4n) is 2.83. The van der Waals surface area contributed by atoms with E-state index in [1.54, 1.807) is 46.8 Å². The minimum absolute atomic E-state index is 0.119. The predicted molar refractivity (Wildman–Crippen MR) is 114 cm³/mol. The molecule has 1 heterocycles. The van der Waals surface area contributed by atoms with Gasteiger partial charge in [-0.3, -0.25) is 4.79 Å². The summed E-state index contributed by atoms with van der Waals surface area (Å²) in [5.41, 5.74) is 3.70. The topological polar surface area (TPSA) is 76.6 Å². The summed E-state index contributed by atoms with van der Waals surface area (Å²) in [4.78, 5) is 19.2. The fourth-order valence-corrected chi connectivity index (χ4v) is 4.00. The van der Waals surface area contributed by atoms with Gasteiger partial charge >= 0.3 is 0 Å². The molecule has 0 N–H and O–H groups in total. The third kappa shape index (κ3) is 5.21. The van der Waals surface area contributed by atoms with Crippen LogP contribution in [0.4, 0.5) is 5.69 Å². The number of anilines is 1. The van der Waals surface area contributed by atoms with E-state index in [0.29, 0.717) is 23.6 Å². The molecule has 0 spiro atoms. The van der Waals surface area contributed by atoms with Crippen molar-refractivity contribution in [1.82, 2.24) is 4.98 Å². The van der Waals surface area contributed by atoms with Crippen molar-refractivity contribution in [1.29, 1.82) is 0 Å². The quantitative estimate of drug-likeness (QED) is 0.562. The monoisotopic (exact) mass is 430 g/mol. The summed E-state index contributed by atoms with van der Waals surface area (Å²) < 4.78 is 29.1. The second-order valence-corrected chi connectivity index (χ2v) is 9.57. The van der Waals surface area contributed by atoms with Crippen LogP contribution in [-0.4, -0.2) is 31.6 Å². The number of rotatable bonds is 7. The molecule has 1 amide bonds. The zero-order valence-corrected chi connectivity index (χ0v) is 18.0. The SMILES string of the molecule is CC(C)N(C(=O)c1cccc(OCc2cscn2)c1)c1ccc(S(C)(=O)=O)cc1. The maximum atomic E-state index is 13.2. The normalized spacial score (nSPS) is 11.4. The largest absolute Gasteiger partial charge is 0.487 e. The summed E-state index contributed by atoms with van der Waals surface area (Å²) in [5.74, 6) is 0.395. The molecular formula is C21H22N2O4S2. The van der Waals surface area contributed by atoms with Crippen LogP contribution in [0.25, 0.3) is 0 Å². The molecule has 0 atom stereocenters.